The molecule has 0 saturated carbocycles. The lowest BCUT2D eigenvalue weighted by Gasteiger charge is -2.45. The molecule has 0 spiro atoms. The molecule has 0 aromatic heterocycles. The summed E-state index contributed by atoms with van der Waals surface area (Å²) in [4.78, 5) is 12.5. The molecule has 2 aromatic carbocycles. The molecule has 4 heteroatoms. The van der Waals surface area contributed by atoms with Gasteiger partial charge in [0.1, 0.15) is 11.5 Å². The summed E-state index contributed by atoms with van der Waals surface area (Å²) >= 11 is 0. The summed E-state index contributed by atoms with van der Waals surface area (Å²) in [7, 11) is 0. The Morgan fingerprint density at radius 1 is 1.10 bits per heavy atom. The molecule has 1 atom stereocenters. The number of rotatable bonds is 3. The van der Waals surface area contributed by atoms with Gasteiger partial charge < -0.3 is 4.90 Å². The van der Waals surface area contributed by atoms with E-state index in [9.17, 15) is 9.30 Å². The van der Waals surface area contributed by atoms with E-state index in [1.54, 1.807) is 24.3 Å². The summed E-state index contributed by atoms with van der Waals surface area (Å²) in [5.41, 5.74) is 3.43. The van der Waals surface area contributed by atoms with Crippen molar-refractivity contribution in [3.05, 3.63) is 77.1 Å². The van der Waals surface area contributed by atoms with Gasteiger partial charge in [0.25, 0.3) is 0 Å². The Morgan fingerprint density at radius 2 is 1.75 bits per heavy atom. The van der Waals surface area contributed by atoms with E-state index in [-0.39, 0.29) is 11.9 Å². The van der Waals surface area contributed by atoms with Gasteiger partial charge in [0, 0.05) is 17.8 Å². The van der Waals surface area contributed by atoms with Crippen LogP contribution in [0.4, 0.5) is 15.8 Å². The van der Waals surface area contributed by atoms with Crippen molar-refractivity contribution in [3.63, 3.8) is 0 Å². The van der Waals surface area contributed by atoms with Crippen LogP contribution >= 0.6 is 0 Å². The normalized spacial score (nSPS) is 17.8. The Balaban J connectivity index is 1.88. The van der Waals surface area contributed by atoms with Gasteiger partial charge in [0.05, 0.1) is 6.04 Å². The molecule has 3 rings (SSSR count). The third-order valence-corrected chi connectivity index (χ3v) is 3.57. The Hall–Kier alpha value is -2.49. The molecule has 100 valence electrons. The fourth-order valence-electron chi connectivity index (χ4n) is 2.51. The average molecular weight is 268 g/mol. The Labute approximate surface area is 116 Å². The molecule has 1 aliphatic heterocycles. The quantitative estimate of drug-likeness (QED) is 0.756. The first-order valence-electron chi connectivity index (χ1n) is 6.35. The first-order chi connectivity index (χ1) is 9.69. The van der Waals surface area contributed by atoms with Gasteiger partial charge >= 0.3 is 0 Å². The van der Waals surface area contributed by atoms with E-state index < -0.39 is 0 Å². The zero-order valence-electron chi connectivity index (χ0n) is 10.8. The predicted molar refractivity (Wildman–Crippen MR) is 77.3 cm³/mol. The molecule has 0 amide bonds. The van der Waals surface area contributed by atoms with Crippen LogP contribution in [0.1, 0.15) is 18.0 Å². The van der Waals surface area contributed by atoms with Crippen LogP contribution in [0.5, 0.6) is 0 Å². The topological polar surface area (TPSA) is 32.7 Å². The zero-order valence-corrected chi connectivity index (χ0v) is 10.8. The molecule has 3 nitrogen and oxygen atoms in total. The van der Waals surface area contributed by atoms with Gasteiger partial charge in [-0.25, -0.2) is 4.39 Å². The highest BCUT2D eigenvalue weighted by Gasteiger charge is 2.33. The van der Waals surface area contributed by atoms with Crippen molar-refractivity contribution in [1.82, 2.24) is 0 Å². The molecular weight excluding hydrogens is 255 g/mol. The molecule has 2 aromatic rings. The van der Waals surface area contributed by atoms with E-state index in [2.05, 4.69) is 16.7 Å². The third kappa shape index (κ3) is 2.09. The van der Waals surface area contributed by atoms with E-state index >= 15 is 0 Å². The van der Waals surface area contributed by atoms with Crippen LogP contribution in [-0.4, -0.2) is 0 Å². The Kier molecular flexibility index (Phi) is 3.06. The largest absolute Gasteiger partial charge is 0.338 e. The van der Waals surface area contributed by atoms with Crippen LogP contribution in [0.3, 0.4) is 0 Å². The molecule has 1 heterocycles. The van der Waals surface area contributed by atoms with E-state index in [1.807, 2.05) is 12.1 Å². The Bertz CT molecular complexity index is 649. The summed E-state index contributed by atoms with van der Waals surface area (Å²) in [6.45, 7) is 4.01. The van der Waals surface area contributed by atoms with Gasteiger partial charge in [0.2, 0.25) is 0 Å². The molecule has 0 bridgehead atoms. The van der Waals surface area contributed by atoms with E-state index in [1.165, 1.54) is 12.1 Å². The summed E-state index contributed by atoms with van der Waals surface area (Å²) < 4.78 is 13.0. The van der Waals surface area contributed by atoms with Gasteiger partial charge in [-0.05, 0) is 47.1 Å². The number of nitroso groups, excluding NO2 is 1. The first kappa shape index (κ1) is 12.5. The summed E-state index contributed by atoms with van der Waals surface area (Å²) in [6.07, 6.45) is 0.852. The monoisotopic (exact) mass is 268 g/mol. The maximum Gasteiger partial charge on any atom is 0.123 e. The number of hydrogen-bond acceptors (Lipinski definition) is 3. The second-order valence-electron chi connectivity index (χ2n) is 4.82. The van der Waals surface area contributed by atoms with Gasteiger partial charge in [-0.1, -0.05) is 18.7 Å². The summed E-state index contributed by atoms with van der Waals surface area (Å²) in [6, 6.07) is 13.7. The van der Waals surface area contributed by atoms with Gasteiger partial charge in [-0.2, -0.15) is 0 Å². The Morgan fingerprint density at radius 3 is 2.30 bits per heavy atom. The van der Waals surface area contributed by atoms with Gasteiger partial charge in [-0.15, -0.1) is 4.91 Å². The fourth-order valence-corrected chi connectivity index (χ4v) is 2.51. The minimum atomic E-state index is -0.252. The second-order valence-corrected chi connectivity index (χ2v) is 4.82. The maximum atomic E-state index is 13.0. The van der Waals surface area contributed by atoms with Crippen molar-refractivity contribution in [2.45, 2.75) is 12.5 Å². The number of hydrogen-bond donors (Lipinski definition) is 0. The SMILES string of the molecule is C=C1CC(c2ccc(N=O)cc2)N1c1ccc(F)cc1. The van der Waals surface area contributed by atoms with Crippen LogP contribution < -0.4 is 4.90 Å². The van der Waals surface area contributed by atoms with Crippen LogP contribution in [0.15, 0.2) is 66.0 Å². The molecule has 1 fully saturated rings. The van der Waals surface area contributed by atoms with Crippen molar-refractivity contribution in [3.8, 4) is 0 Å². The predicted octanol–water partition coefficient (Wildman–Crippen LogP) is 4.69. The number of benzene rings is 2. The molecular formula is C16H13FN2O. The van der Waals surface area contributed by atoms with Crippen molar-refractivity contribution >= 4 is 11.4 Å². The number of anilines is 1. The van der Waals surface area contributed by atoms with Crippen LogP contribution in [-0.2, 0) is 0 Å². The lowest BCUT2D eigenvalue weighted by atomic mass is 9.91. The third-order valence-electron chi connectivity index (χ3n) is 3.57. The molecule has 1 unspecified atom stereocenters. The number of nitrogens with zero attached hydrogens (tertiary/aromatic N) is 2. The molecule has 1 saturated heterocycles. The van der Waals surface area contributed by atoms with Gasteiger partial charge in [0.15, 0.2) is 0 Å². The first-order valence-corrected chi connectivity index (χ1v) is 6.35. The van der Waals surface area contributed by atoms with E-state index in [0.717, 1.165) is 23.4 Å². The highest BCUT2D eigenvalue weighted by molar-refractivity contribution is 5.59. The number of halogens is 1. The molecule has 0 aliphatic carbocycles. The smallest absolute Gasteiger partial charge is 0.123 e. The van der Waals surface area contributed by atoms with Crippen molar-refractivity contribution in [1.29, 1.82) is 0 Å². The van der Waals surface area contributed by atoms with Crippen molar-refractivity contribution in [2.24, 2.45) is 5.18 Å². The van der Waals surface area contributed by atoms with Crippen LogP contribution in [0.2, 0.25) is 0 Å². The molecule has 0 radical (unpaired) electrons. The molecule has 20 heavy (non-hydrogen) atoms. The minimum absolute atomic E-state index is 0.175. The van der Waals surface area contributed by atoms with Gasteiger partial charge in [-0.3, -0.25) is 0 Å². The summed E-state index contributed by atoms with van der Waals surface area (Å²) in [5.74, 6) is -0.252. The highest BCUT2D eigenvalue weighted by Crippen LogP contribution is 2.44. The lowest BCUT2D eigenvalue weighted by Crippen LogP contribution is -2.38. The molecule has 0 N–H and O–H groups in total. The van der Waals surface area contributed by atoms with Crippen LogP contribution in [0, 0.1) is 10.7 Å². The van der Waals surface area contributed by atoms with Crippen LogP contribution in [0.25, 0.3) is 0 Å². The zero-order chi connectivity index (χ0) is 14.1. The average Bonchev–Trinajstić information content (AvgIpc) is 2.47. The minimum Gasteiger partial charge on any atom is -0.338 e. The molecule has 1 aliphatic rings. The summed E-state index contributed by atoms with van der Waals surface area (Å²) in [5, 5.41) is 2.89. The maximum absolute atomic E-state index is 13.0. The van der Waals surface area contributed by atoms with E-state index in [4.69, 9.17) is 0 Å². The van der Waals surface area contributed by atoms with E-state index in [0.29, 0.717) is 5.69 Å². The van der Waals surface area contributed by atoms with Crippen molar-refractivity contribution in [2.75, 3.05) is 4.90 Å². The second kappa shape index (κ2) is 4.89. The highest BCUT2D eigenvalue weighted by atomic mass is 19.1. The lowest BCUT2D eigenvalue weighted by molar-refractivity contribution is 0.547. The standard InChI is InChI=1S/C16H13FN2O/c1-11-10-16(12-2-6-14(18-20)7-3-12)19(11)15-8-4-13(17)5-9-15/h2-9,16H,1,10H2. The fraction of sp³-hybridized carbons (Fsp3) is 0.125. The van der Waals surface area contributed by atoms with Crippen molar-refractivity contribution < 1.29 is 4.39 Å².